The fourth-order valence-corrected chi connectivity index (χ4v) is 2.07. The Morgan fingerprint density at radius 3 is 3.00 bits per heavy atom. The molecule has 1 saturated heterocycles. The Bertz CT molecular complexity index is 358. The Kier molecular flexibility index (Phi) is 3.29. The Morgan fingerprint density at radius 2 is 2.27 bits per heavy atom. The number of nitrogens with zero attached hydrogens (tertiary/aromatic N) is 3. The second-order valence-corrected chi connectivity index (χ2v) is 4.39. The van der Waals surface area contributed by atoms with Gasteiger partial charge in [-0.25, -0.2) is 0 Å². The van der Waals surface area contributed by atoms with Crippen LogP contribution in [-0.2, 0) is 0 Å². The molecule has 0 spiro atoms. The molecule has 1 aromatic heterocycles. The molecule has 1 atom stereocenters. The molecule has 1 aliphatic rings. The van der Waals surface area contributed by atoms with Crippen LogP contribution in [-0.4, -0.2) is 35.9 Å². The molecule has 0 amide bonds. The zero-order valence-corrected chi connectivity index (χ0v) is 9.89. The molecule has 1 N–H and O–H groups in total. The van der Waals surface area contributed by atoms with Gasteiger partial charge in [0, 0.05) is 31.7 Å². The molecule has 0 radical (unpaired) electrons. The normalized spacial score (nSPS) is 21.8. The van der Waals surface area contributed by atoms with Crippen molar-refractivity contribution >= 4 is 28.9 Å². The summed E-state index contributed by atoms with van der Waals surface area (Å²) in [4.78, 5) is 2.17. The number of nitrogens with one attached hydrogen (secondary N) is 1. The summed E-state index contributed by atoms with van der Waals surface area (Å²) in [5, 5.41) is 11.6. The number of hydrogen-bond acceptors (Lipinski definition) is 4. The van der Waals surface area contributed by atoms with Crippen LogP contribution >= 0.6 is 23.2 Å². The molecule has 0 aliphatic carbocycles. The first kappa shape index (κ1) is 10.9. The lowest BCUT2D eigenvalue weighted by Gasteiger charge is -2.33. The van der Waals surface area contributed by atoms with Gasteiger partial charge in [0.2, 0.25) is 0 Å². The van der Waals surface area contributed by atoms with Crippen molar-refractivity contribution in [3.05, 3.63) is 16.4 Å². The molecule has 2 heterocycles. The number of hydrogen-bond donors (Lipinski definition) is 1. The molecular weight excluding hydrogens is 235 g/mol. The van der Waals surface area contributed by atoms with Crippen molar-refractivity contribution in [2.24, 2.45) is 0 Å². The summed E-state index contributed by atoms with van der Waals surface area (Å²) >= 11 is 11.8. The quantitative estimate of drug-likeness (QED) is 0.818. The van der Waals surface area contributed by atoms with E-state index in [9.17, 15) is 0 Å². The van der Waals surface area contributed by atoms with Gasteiger partial charge in [0.1, 0.15) is 0 Å². The van der Waals surface area contributed by atoms with Gasteiger partial charge in [-0.2, -0.15) is 0 Å². The van der Waals surface area contributed by atoms with Crippen LogP contribution in [0.25, 0.3) is 0 Å². The highest BCUT2D eigenvalue weighted by Crippen LogP contribution is 2.25. The Labute approximate surface area is 98.6 Å². The van der Waals surface area contributed by atoms with Gasteiger partial charge >= 0.3 is 0 Å². The maximum absolute atomic E-state index is 5.98. The van der Waals surface area contributed by atoms with Crippen LogP contribution in [0.3, 0.4) is 0 Å². The summed E-state index contributed by atoms with van der Waals surface area (Å²) in [6, 6.07) is 2.20. The monoisotopic (exact) mass is 246 g/mol. The van der Waals surface area contributed by atoms with Gasteiger partial charge in [0.15, 0.2) is 10.3 Å². The molecule has 15 heavy (non-hydrogen) atoms. The van der Waals surface area contributed by atoms with E-state index < -0.39 is 0 Å². The Hall–Kier alpha value is -0.580. The first-order chi connectivity index (χ1) is 7.16. The second-order valence-electron chi connectivity index (χ2n) is 3.64. The van der Waals surface area contributed by atoms with Crippen molar-refractivity contribution in [3.8, 4) is 0 Å². The molecular formula is C9H12Cl2N4. The van der Waals surface area contributed by atoms with Crippen LogP contribution in [0.1, 0.15) is 6.92 Å². The average Bonchev–Trinajstić information content (AvgIpc) is 2.22. The van der Waals surface area contributed by atoms with Crippen LogP contribution in [0.5, 0.6) is 0 Å². The highest BCUT2D eigenvalue weighted by molar-refractivity contribution is 6.33. The lowest BCUT2D eigenvalue weighted by atomic mass is 10.2. The van der Waals surface area contributed by atoms with E-state index in [0.29, 0.717) is 16.3 Å². The lowest BCUT2D eigenvalue weighted by Crippen LogP contribution is -2.49. The third-order valence-corrected chi connectivity index (χ3v) is 2.86. The van der Waals surface area contributed by atoms with E-state index in [1.54, 1.807) is 6.07 Å². The molecule has 1 aliphatic heterocycles. The van der Waals surface area contributed by atoms with Gasteiger partial charge in [-0.3, -0.25) is 0 Å². The summed E-state index contributed by atoms with van der Waals surface area (Å²) in [6.07, 6.45) is 0. The van der Waals surface area contributed by atoms with E-state index in [1.165, 1.54) is 0 Å². The Balaban J connectivity index is 2.24. The van der Waals surface area contributed by atoms with Gasteiger partial charge in [0.05, 0.1) is 5.69 Å². The number of halogens is 2. The maximum atomic E-state index is 5.98. The van der Waals surface area contributed by atoms with E-state index in [1.807, 2.05) is 0 Å². The summed E-state index contributed by atoms with van der Waals surface area (Å²) in [6.45, 7) is 4.89. The molecule has 1 fully saturated rings. The first-order valence-electron chi connectivity index (χ1n) is 4.84. The molecule has 2 rings (SSSR count). The third kappa shape index (κ3) is 2.51. The Morgan fingerprint density at radius 1 is 1.47 bits per heavy atom. The van der Waals surface area contributed by atoms with E-state index in [0.717, 1.165) is 25.3 Å². The predicted octanol–water partition coefficient (Wildman–Crippen LogP) is 1.58. The van der Waals surface area contributed by atoms with Gasteiger partial charge in [-0.1, -0.05) is 23.2 Å². The topological polar surface area (TPSA) is 41.1 Å². The maximum Gasteiger partial charge on any atom is 0.175 e. The van der Waals surface area contributed by atoms with E-state index in [4.69, 9.17) is 23.2 Å². The number of rotatable bonds is 1. The lowest BCUT2D eigenvalue weighted by molar-refractivity contribution is 0.484. The molecule has 0 saturated carbocycles. The minimum absolute atomic E-state index is 0.376. The van der Waals surface area contributed by atoms with Gasteiger partial charge in [-0.05, 0) is 6.92 Å². The third-order valence-electron chi connectivity index (χ3n) is 2.41. The summed E-state index contributed by atoms with van der Waals surface area (Å²) in [5.41, 5.74) is 0.866. The molecule has 4 nitrogen and oxygen atoms in total. The smallest absolute Gasteiger partial charge is 0.175 e. The fraction of sp³-hybridized carbons (Fsp3) is 0.556. The largest absolute Gasteiger partial charge is 0.366 e. The van der Waals surface area contributed by atoms with Crippen molar-refractivity contribution in [3.63, 3.8) is 0 Å². The van der Waals surface area contributed by atoms with Crippen LogP contribution in [0.15, 0.2) is 6.07 Å². The van der Waals surface area contributed by atoms with E-state index >= 15 is 0 Å². The molecule has 1 aromatic rings. The molecule has 1 unspecified atom stereocenters. The molecule has 0 aromatic carbocycles. The van der Waals surface area contributed by atoms with Gasteiger partial charge in [-0.15, -0.1) is 10.2 Å². The van der Waals surface area contributed by atoms with Crippen molar-refractivity contribution in [1.82, 2.24) is 15.5 Å². The van der Waals surface area contributed by atoms with Gasteiger partial charge in [0.25, 0.3) is 0 Å². The fourth-order valence-electron chi connectivity index (χ4n) is 1.72. The summed E-state index contributed by atoms with van der Waals surface area (Å²) in [7, 11) is 0. The minimum atomic E-state index is 0.376. The SMILES string of the molecule is CC1CN(c2cc(Cl)nnc2Cl)CCN1. The zero-order valence-electron chi connectivity index (χ0n) is 8.37. The van der Waals surface area contributed by atoms with Crippen molar-refractivity contribution < 1.29 is 0 Å². The number of anilines is 1. The van der Waals surface area contributed by atoms with Crippen molar-refractivity contribution in [2.75, 3.05) is 24.5 Å². The molecule has 82 valence electrons. The van der Waals surface area contributed by atoms with E-state index in [-0.39, 0.29) is 0 Å². The number of aromatic nitrogens is 2. The molecule has 6 heteroatoms. The summed E-state index contributed by atoms with van der Waals surface area (Å²) < 4.78 is 0. The van der Waals surface area contributed by atoms with Crippen LogP contribution in [0.4, 0.5) is 5.69 Å². The predicted molar refractivity (Wildman–Crippen MR) is 61.7 cm³/mol. The first-order valence-corrected chi connectivity index (χ1v) is 5.59. The average molecular weight is 247 g/mol. The van der Waals surface area contributed by atoms with Crippen LogP contribution in [0.2, 0.25) is 10.3 Å². The second kappa shape index (κ2) is 4.51. The van der Waals surface area contributed by atoms with Gasteiger partial charge < -0.3 is 10.2 Å². The summed E-state index contributed by atoms with van der Waals surface area (Å²) in [5.74, 6) is 0. The highest BCUT2D eigenvalue weighted by atomic mass is 35.5. The van der Waals surface area contributed by atoms with Crippen molar-refractivity contribution in [1.29, 1.82) is 0 Å². The molecule has 0 bridgehead atoms. The standard InChI is InChI=1S/C9H12Cl2N4/c1-6-5-15(3-2-12-6)7-4-8(10)13-14-9(7)11/h4,6,12H,2-3,5H2,1H3. The zero-order chi connectivity index (χ0) is 10.8. The minimum Gasteiger partial charge on any atom is -0.366 e. The van der Waals surface area contributed by atoms with Crippen LogP contribution in [0, 0.1) is 0 Å². The number of piperazine rings is 1. The highest BCUT2D eigenvalue weighted by Gasteiger charge is 2.19. The van der Waals surface area contributed by atoms with Crippen molar-refractivity contribution in [2.45, 2.75) is 13.0 Å². The van der Waals surface area contributed by atoms with E-state index in [2.05, 4.69) is 27.3 Å². The van der Waals surface area contributed by atoms with Crippen LogP contribution < -0.4 is 10.2 Å².